The zero-order valence-electron chi connectivity index (χ0n) is 16.7. The molecule has 0 aliphatic rings. The zero-order chi connectivity index (χ0) is 21.6. The highest BCUT2D eigenvalue weighted by molar-refractivity contribution is 6.02. The maximum absolute atomic E-state index is 13.3. The molecule has 8 heteroatoms. The summed E-state index contributed by atoms with van der Waals surface area (Å²) in [5.74, 6) is 1.28. The molecule has 0 aliphatic heterocycles. The van der Waals surface area contributed by atoms with E-state index in [1.54, 1.807) is 54.4 Å². The van der Waals surface area contributed by atoms with Crippen molar-refractivity contribution in [2.45, 2.75) is 13.2 Å². The van der Waals surface area contributed by atoms with Gasteiger partial charge >= 0.3 is 0 Å². The largest absolute Gasteiger partial charge is 0.497 e. The first-order valence-electron chi connectivity index (χ1n) is 9.53. The van der Waals surface area contributed by atoms with Crippen molar-refractivity contribution in [3.63, 3.8) is 0 Å². The number of methoxy groups -OCH3 is 1. The summed E-state index contributed by atoms with van der Waals surface area (Å²) in [5, 5.41) is 6.92. The molecule has 0 fully saturated rings. The molecule has 0 saturated carbocycles. The van der Waals surface area contributed by atoms with Crippen LogP contribution in [0.4, 0.5) is 10.1 Å². The molecular formula is C23H20FN3O4. The molecule has 4 rings (SSSR count). The molecule has 4 aromatic rings. The number of furan rings is 1. The molecule has 0 radical (unpaired) electrons. The molecule has 0 atom stereocenters. The molecular weight excluding hydrogens is 401 g/mol. The van der Waals surface area contributed by atoms with Crippen LogP contribution >= 0.6 is 0 Å². The van der Waals surface area contributed by atoms with Gasteiger partial charge in [0, 0.05) is 12.3 Å². The lowest BCUT2D eigenvalue weighted by atomic mass is 10.2. The first-order valence-corrected chi connectivity index (χ1v) is 9.53. The summed E-state index contributed by atoms with van der Waals surface area (Å²) in [6, 6.07) is 16.8. The number of carbonyl (C=O) groups is 1. The van der Waals surface area contributed by atoms with Crippen LogP contribution in [0.2, 0.25) is 0 Å². The van der Waals surface area contributed by atoms with Crippen molar-refractivity contribution < 1.29 is 23.1 Å². The van der Waals surface area contributed by atoms with Crippen LogP contribution in [-0.4, -0.2) is 22.8 Å². The van der Waals surface area contributed by atoms with Crippen molar-refractivity contribution in [2.24, 2.45) is 0 Å². The number of hydrogen-bond acceptors (Lipinski definition) is 5. The predicted octanol–water partition coefficient (Wildman–Crippen LogP) is 4.50. The molecule has 2 aromatic heterocycles. The lowest BCUT2D eigenvalue weighted by Gasteiger charge is -2.06. The number of ether oxygens (including phenoxy) is 2. The maximum Gasteiger partial charge on any atom is 0.291 e. The average molecular weight is 421 g/mol. The van der Waals surface area contributed by atoms with E-state index >= 15 is 0 Å². The minimum Gasteiger partial charge on any atom is -0.497 e. The third-order valence-corrected chi connectivity index (χ3v) is 4.43. The van der Waals surface area contributed by atoms with E-state index in [4.69, 9.17) is 13.9 Å². The Kier molecular flexibility index (Phi) is 5.98. The summed E-state index contributed by atoms with van der Waals surface area (Å²) in [6.07, 6.45) is 3.19. The van der Waals surface area contributed by atoms with Gasteiger partial charge in [-0.2, -0.15) is 5.10 Å². The van der Waals surface area contributed by atoms with Gasteiger partial charge in [0.2, 0.25) is 0 Å². The van der Waals surface area contributed by atoms with Crippen molar-refractivity contribution in [1.29, 1.82) is 0 Å². The standard InChI is InChI=1S/C23H20FN3O4/c1-29-19-6-3-7-20(11-19)30-15-21-8-9-22(31-21)23(28)26-18-12-25-27(14-18)13-16-4-2-5-17(24)10-16/h2-12,14H,13,15H2,1H3,(H,26,28). The van der Waals surface area contributed by atoms with E-state index in [0.717, 1.165) is 5.56 Å². The second-order valence-corrected chi connectivity index (χ2v) is 6.74. The minimum atomic E-state index is -0.405. The average Bonchev–Trinajstić information content (AvgIpc) is 3.42. The van der Waals surface area contributed by atoms with Crippen molar-refractivity contribution in [3.8, 4) is 11.5 Å². The third-order valence-electron chi connectivity index (χ3n) is 4.43. The normalized spacial score (nSPS) is 10.6. The van der Waals surface area contributed by atoms with Crippen molar-refractivity contribution in [3.05, 3.63) is 96.0 Å². The van der Waals surface area contributed by atoms with Gasteiger partial charge < -0.3 is 19.2 Å². The molecule has 2 heterocycles. The molecule has 7 nitrogen and oxygen atoms in total. The molecule has 0 unspecified atom stereocenters. The summed E-state index contributed by atoms with van der Waals surface area (Å²) in [6.45, 7) is 0.562. The van der Waals surface area contributed by atoms with Gasteiger partial charge in [-0.05, 0) is 42.0 Å². The Balaban J connectivity index is 1.33. The van der Waals surface area contributed by atoms with Gasteiger partial charge in [-0.15, -0.1) is 0 Å². The molecule has 0 saturated heterocycles. The molecule has 0 aliphatic carbocycles. The number of carbonyl (C=O) groups excluding carboxylic acids is 1. The van der Waals surface area contributed by atoms with Gasteiger partial charge in [-0.3, -0.25) is 9.48 Å². The van der Waals surface area contributed by atoms with Gasteiger partial charge in [0.25, 0.3) is 5.91 Å². The predicted molar refractivity (Wildman–Crippen MR) is 112 cm³/mol. The number of hydrogen-bond donors (Lipinski definition) is 1. The number of anilines is 1. The smallest absolute Gasteiger partial charge is 0.291 e. The van der Waals surface area contributed by atoms with Crippen LogP contribution in [-0.2, 0) is 13.2 Å². The number of benzene rings is 2. The number of nitrogens with one attached hydrogen (secondary N) is 1. The Morgan fingerprint density at radius 2 is 1.97 bits per heavy atom. The van der Waals surface area contributed by atoms with E-state index < -0.39 is 5.91 Å². The molecule has 1 N–H and O–H groups in total. The maximum atomic E-state index is 13.3. The monoisotopic (exact) mass is 421 g/mol. The molecule has 31 heavy (non-hydrogen) atoms. The number of amides is 1. The van der Waals surface area contributed by atoms with Gasteiger partial charge in [0.1, 0.15) is 29.7 Å². The third kappa shape index (κ3) is 5.30. The highest BCUT2D eigenvalue weighted by Gasteiger charge is 2.13. The molecule has 0 bridgehead atoms. The lowest BCUT2D eigenvalue weighted by molar-refractivity contribution is 0.0992. The summed E-state index contributed by atoms with van der Waals surface area (Å²) < 4.78 is 31.3. The second kappa shape index (κ2) is 9.17. The number of rotatable bonds is 8. The molecule has 1 amide bonds. The fraction of sp³-hybridized carbons (Fsp3) is 0.130. The fourth-order valence-corrected chi connectivity index (χ4v) is 2.95. The van der Waals surface area contributed by atoms with E-state index in [1.165, 1.54) is 18.3 Å². The first-order chi connectivity index (χ1) is 15.1. The van der Waals surface area contributed by atoms with Crippen LogP contribution in [0.3, 0.4) is 0 Å². The van der Waals surface area contributed by atoms with Crippen molar-refractivity contribution in [1.82, 2.24) is 9.78 Å². The van der Waals surface area contributed by atoms with Crippen molar-refractivity contribution >= 4 is 11.6 Å². The SMILES string of the molecule is COc1cccc(OCc2ccc(C(=O)Nc3cnn(Cc4cccc(F)c4)c3)o2)c1. The van der Waals surface area contributed by atoms with Gasteiger partial charge in [0.05, 0.1) is 25.5 Å². The number of halogens is 1. The topological polar surface area (TPSA) is 78.5 Å². The second-order valence-electron chi connectivity index (χ2n) is 6.74. The first kappa shape index (κ1) is 20.2. The van der Waals surface area contributed by atoms with E-state index in [0.29, 0.717) is 29.5 Å². The summed E-state index contributed by atoms with van der Waals surface area (Å²) in [5.41, 5.74) is 1.28. The Bertz CT molecular complexity index is 1180. The Hall–Kier alpha value is -4.07. The van der Waals surface area contributed by atoms with E-state index in [1.807, 2.05) is 12.1 Å². The Morgan fingerprint density at radius 1 is 1.13 bits per heavy atom. The highest BCUT2D eigenvalue weighted by atomic mass is 19.1. The van der Waals surface area contributed by atoms with E-state index in [-0.39, 0.29) is 18.2 Å². The van der Waals surface area contributed by atoms with Crippen molar-refractivity contribution in [2.75, 3.05) is 12.4 Å². The van der Waals surface area contributed by atoms with Crippen LogP contribution in [0, 0.1) is 5.82 Å². The van der Waals surface area contributed by atoms with Crippen LogP contribution < -0.4 is 14.8 Å². The van der Waals surface area contributed by atoms with E-state index in [2.05, 4.69) is 10.4 Å². The number of nitrogens with zero attached hydrogens (tertiary/aromatic N) is 2. The fourth-order valence-electron chi connectivity index (χ4n) is 2.95. The number of aromatic nitrogens is 2. The molecule has 2 aromatic carbocycles. The van der Waals surface area contributed by atoms with Gasteiger partial charge in [0.15, 0.2) is 5.76 Å². The summed E-state index contributed by atoms with van der Waals surface area (Å²) in [7, 11) is 1.59. The molecule has 0 spiro atoms. The zero-order valence-corrected chi connectivity index (χ0v) is 16.7. The Labute approximate surface area is 178 Å². The quantitative estimate of drug-likeness (QED) is 0.453. The van der Waals surface area contributed by atoms with E-state index in [9.17, 15) is 9.18 Å². The lowest BCUT2D eigenvalue weighted by Crippen LogP contribution is -2.10. The van der Waals surface area contributed by atoms with Gasteiger partial charge in [-0.1, -0.05) is 18.2 Å². The van der Waals surface area contributed by atoms with Crippen LogP contribution in [0.1, 0.15) is 21.9 Å². The van der Waals surface area contributed by atoms with Crippen LogP contribution in [0.25, 0.3) is 0 Å². The minimum absolute atomic E-state index is 0.155. The summed E-state index contributed by atoms with van der Waals surface area (Å²) >= 11 is 0. The van der Waals surface area contributed by atoms with Crippen LogP contribution in [0.5, 0.6) is 11.5 Å². The molecule has 158 valence electrons. The van der Waals surface area contributed by atoms with Crippen LogP contribution in [0.15, 0.2) is 77.5 Å². The van der Waals surface area contributed by atoms with Gasteiger partial charge in [-0.25, -0.2) is 4.39 Å². The summed E-state index contributed by atoms with van der Waals surface area (Å²) in [4.78, 5) is 12.4. The Morgan fingerprint density at radius 3 is 2.81 bits per heavy atom. The highest BCUT2D eigenvalue weighted by Crippen LogP contribution is 2.21.